The number of imide groups is 1. The molecule has 29 heavy (non-hydrogen) atoms. The minimum atomic E-state index is -0.224. The Morgan fingerprint density at radius 2 is 1.52 bits per heavy atom. The fraction of sp³-hybridized carbons (Fsp3) is 0.292. The topological polar surface area (TPSA) is 66.5 Å². The van der Waals surface area contributed by atoms with Gasteiger partial charge < -0.3 is 5.32 Å². The third-order valence-electron chi connectivity index (χ3n) is 6.62. The lowest BCUT2D eigenvalue weighted by atomic mass is 9.85. The Morgan fingerprint density at radius 1 is 0.897 bits per heavy atom. The van der Waals surface area contributed by atoms with E-state index in [9.17, 15) is 14.4 Å². The van der Waals surface area contributed by atoms with E-state index >= 15 is 0 Å². The summed E-state index contributed by atoms with van der Waals surface area (Å²) in [6.07, 6.45) is 5.08. The van der Waals surface area contributed by atoms with E-state index in [4.69, 9.17) is 0 Å². The highest BCUT2D eigenvalue weighted by Crippen LogP contribution is 2.53. The molecule has 5 heteroatoms. The Balaban J connectivity index is 1.34. The molecule has 0 radical (unpaired) electrons. The van der Waals surface area contributed by atoms with Crippen LogP contribution in [0.4, 0.5) is 11.4 Å². The van der Waals surface area contributed by atoms with Crippen LogP contribution in [0.5, 0.6) is 0 Å². The Bertz CT molecular complexity index is 1040. The molecule has 3 amide bonds. The first-order valence-electron chi connectivity index (χ1n) is 9.99. The Kier molecular flexibility index (Phi) is 3.95. The highest BCUT2D eigenvalue weighted by Gasteiger charge is 2.59. The molecule has 2 aromatic rings. The second-order valence-corrected chi connectivity index (χ2v) is 8.31. The third-order valence-corrected chi connectivity index (χ3v) is 6.62. The van der Waals surface area contributed by atoms with Gasteiger partial charge in [0.1, 0.15) is 0 Å². The molecule has 1 saturated carbocycles. The highest BCUT2D eigenvalue weighted by molar-refractivity contribution is 6.23. The molecule has 1 saturated heterocycles. The molecule has 1 N–H and O–H groups in total. The number of aryl methyl sites for hydroxylation is 2. The molecule has 4 atom stereocenters. The van der Waals surface area contributed by atoms with Crippen molar-refractivity contribution in [3.63, 3.8) is 0 Å². The Morgan fingerprint density at radius 3 is 2.10 bits per heavy atom. The first-order valence-corrected chi connectivity index (χ1v) is 9.99. The van der Waals surface area contributed by atoms with Crippen LogP contribution in [0, 0.1) is 37.5 Å². The van der Waals surface area contributed by atoms with Gasteiger partial charge in [-0.3, -0.25) is 19.3 Å². The summed E-state index contributed by atoms with van der Waals surface area (Å²) in [5, 5.41) is 2.89. The zero-order chi connectivity index (χ0) is 20.3. The fourth-order valence-corrected chi connectivity index (χ4v) is 4.94. The van der Waals surface area contributed by atoms with Gasteiger partial charge in [0.25, 0.3) is 5.91 Å². The number of anilines is 2. The van der Waals surface area contributed by atoms with E-state index in [1.54, 1.807) is 24.3 Å². The lowest BCUT2D eigenvalue weighted by Gasteiger charge is -2.17. The number of nitrogens with one attached hydrogen (secondary N) is 1. The largest absolute Gasteiger partial charge is 0.322 e. The van der Waals surface area contributed by atoms with Gasteiger partial charge in [-0.1, -0.05) is 18.2 Å². The molecular formula is C24H22N2O3. The fourth-order valence-electron chi connectivity index (χ4n) is 4.94. The van der Waals surface area contributed by atoms with Gasteiger partial charge in [-0.15, -0.1) is 0 Å². The lowest BCUT2D eigenvalue weighted by Crippen LogP contribution is -2.32. The molecule has 0 aromatic heterocycles. The molecule has 1 heterocycles. The van der Waals surface area contributed by atoms with E-state index in [-0.39, 0.29) is 41.4 Å². The van der Waals surface area contributed by atoms with E-state index < -0.39 is 0 Å². The Hall–Kier alpha value is -3.21. The van der Waals surface area contributed by atoms with Gasteiger partial charge >= 0.3 is 0 Å². The van der Waals surface area contributed by atoms with Crippen molar-refractivity contribution in [1.29, 1.82) is 0 Å². The highest BCUT2D eigenvalue weighted by atomic mass is 16.2. The van der Waals surface area contributed by atoms with Crippen LogP contribution in [0.15, 0.2) is 54.6 Å². The first kappa shape index (κ1) is 17.9. The van der Waals surface area contributed by atoms with E-state index in [2.05, 4.69) is 17.5 Å². The predicted molar refractivity (Wildman–Crippen MR) is 111 cm³/mol. The van der Waals surface area contributed by atoms with E-state index in [1.807, 2.05) is 32.0 Å². The lowest BCUT2D eigenvalue weighted by molar-refractivity contribution is -0.123. The molecule has 3 aliphatic rings. The summed E-state index contributed by atoms with van der Waals surface area (Å²) in [7, 11) is 0. The molecule has 2 bridgehead atoms. The van der Waals surface area contributed by atoms with E-state index in [0.717, 1.165) is 17.7 Å². The summed E-state index contributed by atoms with van der Waals surface area (Å²) >= 11 is 0. The average molecular weight is 386 g/mol. The number of hydrogen-bond acceptors (Lipinski definition) is 3. The molecule has 5 nitrogen and oxygen atoms in total. The number of allylic oxidation sites excluding steroid dienone is 2. The molecule has 0 unspecified atom stereocenters. The quantitative estimate of drug-likeness (QED) is 0.643. The van der Waals surface area contributed by atoms with Crippen LogP contribution in [-0.4, -0.2) is 17.7 Å². The predicted octanol–water partition coefficient (Wildman–Crippen LogP) is 3.87. The smallest absolute Gasteiger partial charge is 0.255 e. The molecule has 2 fully saturated rings. The van der Waals surface area contributed by atoms with Crippen molar-refractivity contribution in [3.8, 4) is 0 Å². The third kappa shape index (κ3) is 2.72. The van der Waals surface area contributed by atoms with Crippen molar-refractivity contribution in [2.75, 3.05) is 10.2 Å². The van der Waals surface area contributed by atoms with E-state index in [1.165, 1.54) is 10.5 Å². The number of rotatable bonds is 3. The van der Waals surface area contributed by atoms with Crippen molar-refractivity contribution >= 4 is 29.1 Å². The van der Waals surface area contributed by atoms with Gasteiger partial charge in [-0.25, -0.2) is 0 Å². The number of benzene rings is 2. The summed E-state index contributed by atoms with van der Waals surface area (Å²) < 4.78 is 0. The normalized spacial score (nSPS) is 26.9. The number of carbonyl (C=O) groups excluding carboxylic acids is 3. The van der Waals surface area contributed by atoms with Crippen LogP contribution in [-0.2, 0) is 9.59 Å². The number of amides is 3. The number of fused-ring (bicyclic) bond motifs is 5. The molecule has 1 aliphatic heterocycles. The minimum absolute atomic E-state index is 0.107. The summed E-state index contributed by atoms with van der Waals surface area (Å²) in [4.78, 5) is 39.7. The molecule has 5 rings (SSSR count). The van der Waals surface area contributed by atoms with Gasteiger partial charge in [0.15, 0.2) is 0 Å². The van der Waals surface area contributed by atoms with Crippen LogP contribution in [0.3, 0.4) is 0 Å². The summed E-state index contributed by atoms with van der Waals surface area (Å²) in [5.74, 6) is -0.495. The van der Waals surface area contributed by atoms with Crippen molar-refractivity contribution in [3.05, 3.63) is 71.3 Å². The molecule has 2 aliphatic carbocycles. The standard InChI is InChI=1S/C24H22N2O3/c1-13-3-8-18(11-14(13)2)25-22(27)15-6-9-19(10-7-15)26-23(28)20-16-4-5-17(12-16)21(20)24(26)29/h3-11,16-17,20-21H,12H2,1-2H3,(H,25,27)/t16-,17-,20-,21+/m1/s1. The number of hydrogen-bond donors (Lipinski definition) is 1. The zero-order valence-corrected chi connectivity index (χ0v) is 16.4. The molecule has 2 aromatic carbocycles. The van der Waals surface area contributed by atoms with Gasteiger partial charge in [-0.2, -0.15) is 0 Å². The average Bonchev–Trinajstić information content (AvgIpc) is 3.39. The van der Waals surface area contributed by atoms with Crippen molar-refractivity contribution in [1.82, 2.24) is 0 Å². The van der Waals surface area contributed by atoms with E-state index in [0.29, 0.717) is 11.3 Å². The SMILES string of the molecule is Cc1ccc(NC(=O)c2ccc(N3C(=O)[C@@H]4[C@H](C3=O)[C@@H]3C=C[C@@H]4C3)cc2)cc1C. The van der Waals surface area contributed by atoms with Crippen molar-refractivity contribution < 1.29 is 14.4 Å². The number of nitrogens with zero attached hydrogens (tertiary/aromatic N) is 1. The van der Waals surface area contributed by atoms with Crippen LogP contribution in [0.25, 0.3) is 0 Å². The monoisotopic (exact) mass is 386 g/mol. The second kappa shape index (κ2) is 6.41. The number of carbonyl (C=O) groups is 3. The van der Waals surface area contributed by atoms with Gasteiger partial charge in [-0.05, 0) is 79.6 Å². The maximum Gasteiger partial charge on any atom is 0.255 e. The van der Waals surface area contributed by atoms with Crippen LogP contribution in [0.1, 0.15) is 27.9 Å². The molecule has 0 spiro atoms. The second-order valence-electron chi connectivity index (χ2n) is 8.31. The Labute approximate surface area is 169 Å². The minimum Gasteiger partial charge on any atom is -0.322 e. The first-order chi connectivity index (χ1) is 13.9. The summed E-state index contributed by atoms with van der Waals surface area (Å²) in [6, 6.07) is 12.5. The summed E-state index contributed by atoms with van der Waals surface area (Å²) in [5.41, 5.74) is 4.03. The molecule has 146 valence electrons. The van der Waals surface area contributed by atoms with Crippen molar-refractivity contribution in [2.45, 2.75) is 20.3 Å². The molecular weight excluding hydrogens is 364 g/mol. The summed E-state index contributed by atoms with van der Waals surface area (Å²) in [6.45, 7) is 4.02. The van der Waals surface area contributed by atoms with Crippen LogP contribution >= 0.6 is 0 Å². The zero-order valence-electron chi connectivity index (χ0n) is 16.4. The maximum atomic E-state index is 12.9. The van der Waals surface area contributed by atoms with Crippen LogP contribution < -0.4 is 10.2 Å². The van der Waals surface area contributed by atoms with Crippen LogP contribution in [0.2, 0.25) is 0 Å². The van der Waals surface area contributed by atoms with Gasteiger partial charge in [0, 0.05) is 11.3 Å². The van der Waals surface area contributed by atoms with Crippen molar-refractivity contribution in [2.24, 2.45) is 23.7 Å². The van der Waals surface area contributed by atoms with Gasteiger partial charge in [0.2, 0.25) is 11.8 Å². The van der Waals surface area contributed by atoms with Gasteiger partial charge in [0.05, 0.1) is 17.5 Å². The maximum absolute atomic E-state index is 12.9.